The summed E-state index contributed by atoms with van der Waals surface area (Å²) in [4.78, 5) is 5.13. The molecule has 0 aliphatic carbocycles. The Morgan fingerprint density at radius 3 is 1.47 bits per heavy atom. The number of para-hydroxylation sites is 4. The van der Waals surface area contributed by atoms with Gasteiger partial charge < -0.3 is 13.6 Å². The van der Waals surface area contributed by atoms with E-state index in [1.165, 1.54) is 46.8 Å². The molecule has 0 saturated carbocycles. The largest absolute Gasteiger partial charge is 0.455 e. The molecule has 12 aromatic rings. The zero-order chi connectivity index (χ0) is 38.2. The molecule has 0 atom stereocenters. The zero-order valence-corrected chi connectivity index (χ0v) is 32.3. The first-order valence-corrected chi connectivity index (χ1v) is 21.4. The summed E-state index contributed by atoms with van der Waals surface area (Å²) in [6.45, 7) is 0. The van der Waals surface area contributed by atoms with Crippen LogP contribution < -0.4 is 0 Å². The molecule has 3 nitrogen and oxygen atoms in total. The third-order valence-electron chi connectivity index (χ3n) is 11.8. The van der Waals surface area contributed by atoms with Gasteiger partial charge in [-0.1, -0.05) is 115 Å². The van der Waals surface area contributed by atoms with E-state index in [0.717, 1.165) is 49.7 Å². The number of hydrogen-bond acceptors (Lipinski definition) is 1. The monoisotopic (exact) mass is 760 g/mol. The van der Waals surface area contributed by atoms with Crippen molar-refractivity contribution >= 4 is 75.6 Å². The maximum Gasteiger partial charge on any atom is 0.145 e. The second kappa shape index (κ2) is 12.9. The van der Waals surface area contributed by atoms with Gasteiger partial charge in [0.2, 0.25) is 0 Å². The van der Waals surface area contributed by atoms with Crippen LogP contribution in [-0.2, 0) is 0 Å². The lowest BCUT2D eigenvalue weighted by Crippen LogP contribution is -2.06. The second-order valence-electron chi connectivity index (χ2n) is 14.9. The topological polar surface area (TPSA) is 23.0 Å². The highest BCUT2D eigenvalue weighted by atomic mass is 32.3. The summed E-state index contributed by atoms with van der Waals surface area (Å²) < 4.78 is 11.4. The number of furan rings is 1. The van der Waals surface area contributed by atoms with Crippen LogP contribution in [0.3, 0.4) is 0 Å². The standard InChI is InChI=1S/C54H36N2OS/c1-3-17-39(18-4-1)58(40-19-5-2-6-20-40,42-21-15-16-38(36-42)56-48-26-11-7-22-43(48)44-23-8-12-27-49(44)56)41-32-30-37(31-33-41)55-50-28-13-9-25-47(50)53-51(55)35-34-46-45-24-10-14-29-52(45)57-54(46)53/h1-36H. The first-order chi connectivity index (χ1) is 28.8. The molecule has 12 rings (SSSR count). The number of benzene rings is 9. The Morgan fingerprint density at radius 1 is 0.310 bits per heavy atom. The predicted octanol–water partition coefficient (Wildman–Crippen LogP) is 15.1. The number of fused-ring (bicyclic) bond motifs is 10. The average molecular weight is 761 g/mol. The Balaban J connectivity index is 1.10. The van der Waals surface area contributed by atoms with Crippen molar-refractivity contribution in [2.24, 2.45) is 0 Å². The molecule has 4 heteroatoms. The van der Waals surface area contributed by atoms with Crippen molar-refractivity contribution in [3.05, 3.63) is 218 Å². The summed E-state index contributed by atoms with van der Waals surface area (Å²) in [5, 5.41) is 7.13. The van der Waals surface area contributed by atoms with E-state index in [2.05, 4.69) is 221 Å². The van der Waals surface area contributed by atoms with E-state index < -0.39 is 10.0 Å². The van der Waals surface area contributed by atoms with E-state index in [1.54, 1.807) is 0 Å². The van der Waals surface area contributed by atoms with E-state index in [9.17, 15) is 0 Å². The molecule has 0 fully saturated rings. The van der Waals surface area contributed by atoms with E-state index in [1.807, 2.05) is 6.07 Å². The highest BCUT2D eigenvalue weighted by Gasteiger charge is 2.34. The SMILES string of the molecule is c1ccc(S(c2ccccc2)(c2ccc(-n3c4ccccc4c4c5oc6ccccc6c5ccc43)cc2)c2cccc(-n3c4ccccc4c4ccccc43)c2)cc1. The van der Waals surface area contributed by atoms with Gasteiger partial charge in [-0.3, -0.25) is 0 Å². The van der Waals surface area contributed by atoms with Crippen molar-refractivity contribution in [3.63, 3.8) is 0 Å². The Kier molecular flexibility index (Phi) is 7.31. The summed E-state index contributed by atoms with van der Waals surface area (Å²) in [6.07, 6.45) is 0. The molecule has 3 aromatic heterocycles. The van der Waals surface area contributed by atoms with Crippen molar-refractivity contribution in [1.29, 1.82) is 0 Å². The molecule has 274 valence electrons. The molecule has 0 bridgehead atoms. The molecule has 0 saturated heterocycles. The zero-order valence-electron chi connectivity index (χ0n) is 31.5. The maximum atomic E-state index is 6.61. The minimum atomic E-state index is -1.98. The number of rotatable bonds is 6. The normalized spacial score (nSPS) is 12.4. The molecule has 58 heavy (non-hydrogen) atoms. The Hall–Kier alpha value is -7.27. The lowest BCUT2D eigenvalue weighted by Gasteiger charge is -2.42. The number of nitrogens with zero attached hydrogens (tertiary/aromatic N) is 2. The van der Waals surface area contributed by atoms with Gasteiger partial charge in [-0.2, -0.15) is 0 Å². The van der Waals surface area contributed by atoms with Crippen molar-refractivity contribution in [2.45, 2.75) is 19.6 Å². The average Bonchev–Trinajstić information content (AvgIpc) is 3.96. The molecule has 0 aliphatic heterocycles. The van der Waals surface area contributed by atoms with E-state index in [0.29, 0.717) is 0 Å². The molecule has 3 heterocycles. The molecule has 0 aliphatic rings. The Bertz CT molecular complexity index is 3410. The van der Waals surface area contributed by atoms with Crippen LogP contribution in [0.5, 0.6) is 0 Å². The van der Waals surface area contributed by atoms with Crippen molar-refractivity contribution in [3.8, 4) is 11.4 Å². The van der Waals surface area contributed by atoms with Crippen molar-refractivity contribution in [2.75, 3.05) is 0 Å². The van der Waals surface area contributed by atoms with E-state index in [4.69, 9.17) is 4.42 Å². The van der Waals surface area contributed by atoms with Gasteiger partial charge in [0, 0.05) is 57.9 Å². The summed E-state index contributed by atoms with van der Waals surface area (Å²) in [5.74, 6) is 0. The van der Waals surface area contributed by atoms with Crippen LogP contribution in [0, 0.1) is 0 Å². The molecule has 0 radical (unpaired) electrons. The van der Waals surface area contributed by atoms with Crippen LogP contribution in [0.2, 0.25) is 0 Å². The second-order valence-corrected chi connectivity index (χ2v) is 18.0. The fourth-order valence-electron chi connectivity index (χ4n) is 9.39. The first-order valence-electron chi connectivity index (χ1n) is 19.8. The highest BCUT2D eigenvalue weighted by molar-refractivity contribution is 8.34. The summed E-state index contributed by atoms with van der Waals surface area (Å²) in [7, 11) is -1.98. The van der Waals surface area contributed by atoms with Gasteiger partial charge in [0.15, 0.2) is 0 Å². The van der Waals surface area contributed by atoms with E-state index in [-0.39, 0.29) is 0 Å². The number of hydrogen-bond donors (Lipinski definition) is 0. The smallest absolute Gasteiger partial charge is 0.145 e. The van der Waals surface area contributed by atoms with Gasteiger partial charge in [0.25, 0.3) is 0 Å². The lowest BCUT2D eigenvalue weighted by molar-refractivity contribution is 0.673. The third-order valence-corrected chi connectivity index (χ3v) is 15.7. The molecule has 0 unspecified atom stereocenters. The van der Waals surface area contributed by atoms with Gasteiger partial charge in [-0.05, 0) is 103 Å². The first kappa shape index (κ1) is 32.9. The highest BCUT2D eigenvalue weighted by Crippen LogP contribution is 2.73. The lowest BCUT2D eigenvalue weighted by atomic mass is 10.1. The number of aromatic nitrogens is 2. The minimum absolute atomic E-state index is 0.912. The van der Waals surface area contributed by atoms with Crippen LogP contribution in [0.25, 0.3) is 76.9 Å². The van der Waals surface area contributed by atoms with Crippen LogP contribution in [0.15, 0.2) is 242 Å². The third kappa shape index (κ3) is 4.70. The van der Waals surface area contributed by atoms with Gasteiger partial charge >= 0.3 is 0 Å². The molecule has 0 amide bonds. The van der Waals surface area contributed by atoms with Gasteiger partial charge in [-0.25, -0.2) is 0 Å². The fraction of sp³-hybridized carbons (Fsp3) is 0. The molecular weight excluding hydrogens is 725 g/mol. The Morgan fingerprint density at radius 2 is 0.810 bits per heavy atom. The summed E-state index contributed by atoms with van der Waals surface area (Å²) in [6, 6.07) is 79.9. The van der Waals surface area contributed by atoms with Gasteiger partial charge in [-0.15, -0.1) is 10.0 Å². The van der Waals surface area contributed by atoms with Crippen molar-refractivity contribution < 1.29 is 4.42 Å². The van der Waals surface area contributed by atoms with Gasteiger partial charge in [0.1, 0.15) is 11.2 Å². The summed E-state index contributed by atoms with van der Waals surface area (Å²) in [5.41, 5.74) is 8.80. The molecular formula is C54H36N2OS. The van der Waals surface area contributed by atoms with Crippen LogP contribution in [0.4, 0.5) is 0 Å². The maximum absolute atomic E-state index is 6.61. The molecule has 0 spiro atoms. The quantitative estimate of drug-likeness (QED) is 0.166. The van der Waals surface area contributed by atoms with E-state index >= 15 is 0 Å². The van der Waals surface area contributed by atoms with Crippen LogP contribution >= 0.6 is 10.0 Å². The molecule has 0 N–H and O–H groups in total. The predicted molar refractivity (Wildman–Crippen MR) is 242 cm³/mol. The molecule has 9 aromatic carbocycles. The van der Waals surface area contributed by atoms with Crippen LogP contribution in [-0.4, -0.2) is 9.13 Å². The minimum Gasteiger partial charge on any atom is -0.455 e. The fourth-order valence-corrected chi connectivity index (χ4v) is 13.3. The summed E-state index contributed by atoms with van der Waals surface area (Å²) >= 11 is 0. The van der Waals surface area contributed by atoms with Crippen LogP contribution in [0.1, 0.15) is 0 Å². The van der Waals surface area contributed by atoms with Gasteiger partial charge in [0.05, 0.1) is 27.5 Å². The Labute approximate surface area is 336 Å². The van der Waals surface area contributed by atoms with Crippen molar-refractivity contribution in [1.82, 2.24) is 9.13 Å².